The number of para-hydroxylation sites is 1. The van der Waals surface area contributed by atoms with Gasteiger partial charge in [0.05, 0.1) is 23.4 Å². The van der Waals surface area contributed by atoms with E-state index in [1.807, 2.05) is 38.1 Å². The summed E-state index contributed by atoms with van der Waals surface area (Å²) >= 11 is 1.74. The van der Waals surface area contributed by atoms with Crippen molar-refractivity contribution in [1.29, 1.82) is 0 Å². The van der Waals surface area contributed by atoms with Gasteiger partial charge in [0.2, 0.25) is 0 Å². The Morgan fingerprint density at radius 3 is 2.67 bits per heavy atom. The van der Waals surface area contributed by atoms with Crippen molar-refractivity contribution in [1.82, 2.24) is 10.3 Å². The van der Waals surface area contributed by atoms with E-state index in [1.165, 1.54) is 4.88 Å². The molecule has 1 aromatic carbocycles. The number of rotatable bonds is 7. The molecule has 142 valence electrons. The largest absolute Gasteiger partial charge is 0.462 e. The SMILES string of the molecule is CCOC(=O)c1c(CNC(c2cccs2)C(C)C)nc2ccccc2c1C. The molecule has 0 aliphatic carbocycles. The number of hydrogen-bond donors (Lipinski definition) is 1. The normalized spacial score (nSPS) is 12.5. The van der Waals surface area contributed by atoms with Crippen LogP contribution >= 0.6 is 11.3 Å². The minimum atomic E-state index is -0.303. The number of ether oxygens (including phenoxy) is 1. The van der Waals surface area contributed by atoms with Crippen molar-refractivity contribution >= 4 is 28.2 Å². The fraction of sp³-hybridized carbons (Fsp3) is 0.364. The lowest BCUT2D eigenvalue weighted by Crippen LogP contribution is -2.26. The molecule has 2 aromatic heterocycles. The van der Waals surface area contributed by atoms with Crippen LogP contribution in [-0.2, 0) is 11.3 Å². The molecule has 4 nitrogen and oxygen atoms in total. The summed E-state index contributed by atoms with van der Waals surface area (Å²) in [6.45, 7) is 9.05. The van der Waals surface area contributed by atoms with Crippen LogP contribution in [0.5, 0.6) is 0 Å². The molecular formula is C22H26N2O2S. The van der Waals surface area contributed by atoms with Gasteiger partial charge in [0.15, 0.2) is 0 Å². The molecule has 3 rings (SSSR count). The monoisotopic (exact) mass is 382 g/mol. The Balaban J connectivity index is 1.99. The number of fused-ring (bicyclic) bond motifs is 1. The Morgan fingerprint density at radius 2 is 2.00 bits per heavy atom. The highest BCUT2D eigenvalue weighted by Gasteiger charge is 2.22. The highest BCUT2D eigenvalue weighted by molar-refractivity contribution is 7.10. The minimum absolute atomic E-state index is 0.216. The summed E-state index contributed by atoms with van der Waals surface area (Å²) in [6.07, 6.45) is 0. The summed E-state index contributed by atoms with van der Waals surface area (Å²) in [6, 6.07) is 12.4. The fourth-order valence-corrected chi connectivity index (χ4v) is 4.36. The van der Waals surface area contributed by atoms with Crippen LogP contribution < -0.4 is 5.32 Å². The van der Waals surface area contributed by atoms with Crippen molar-refractivity contribution in [2.24, 2.45) is 5.92 Å². The van der Waals surface area contributed by atoms with Crippen LogP contribution in [0.4, 0.5) is 0 Å². The van der Waals surface area contributed by atoms with E-state index in [2.05, 4.69) is 36.7 Å². The quantitative estimate of drug-likeness (QED) is 0.566. The Morgan fingerprint density at radius 1 is 1.22 bits per heavy atom. The number of carbonyl (C=O) groups is 1. The molecule has 1 atom stereocenters. The van der Waals surface area contributed by atoms with Gasteiger partial charge in [0, 0.05) is 22.8 Å². The number of aryl methyl sites for hydroxylation is 1. The van der Waals surface area contributed by atoms with Crippen molar-refractivity contribution in [3.63, 3.8) is 0 Å². The van der Waals surface area contributed by atoms with Crippen molar-refractivity contribution in [2.45, 2.75) is 40.3 Å². The van der Waals surface area contributed by atoms with Crippen molar-refractivity contribution in [2.75, 3.05) is 6.61 Å². The van der Waals surface area contributed by atoms with Gasteiger partial charge in [-0.15, -0.1) is 11.3 Å². The third-order valence-electron chi connectivity index (χ3n) is 4.71. The molecule has 0 saturated heterocycles. The van der Waals surface area contributed by atoms with Gasteiger partial charge < -0.3 is 10.1 Å². The first-order valence-corrected chi connectivity index (χ1v) is 10.2. The molecule has 0 amide bonds. The van der Waals surface area contributed by atoms with Gasteiger partial charge in [0.1, 0.15) is 0 Å². The number of thiophene rings is 1. The summed E-state index contributed by atoms with van der Waals surface area (Å²) in [5.74, 6) is 0.124. The second-order valence-corrected chi connectivity index (χ2v) is 7.89. The van der Waals surface area contributed by atoms with E-state index in [1.54, 1.807) is 11.3 Å². The number of nitrogens with one attached hydrogen (secondary N) is 1. The van der Waals surface area contributed by atoms with Gasteiger partial charge in [0.25, 0.3) is 0 Å². The maximum atomic E-state index is 12.6. The predicted molar refractivity (Wildman–Crippen MR) is 111 cm³/mol. The molecule has 1 unspecified atom stereocenters. The molecule has 5 heteroatoms. The molecule has 1 N–H and O–H groups in total. The number of benzene rings is 1. The summed E-state index contributed by atoms with van der Waals surface area (Å²) in [4.78, 5) is 18.7. The van der Waals surface area contributed by atoms with Crippen molar-refractivity contribution in [3.05, 3.63) is 63.5 Å². The summed E-state index contributed by atoms with van der Waals surface area (Å²) in [7, 11) is 0. The smallest absolute Gasteiger partial charge is 0.340 e. The van der Waals surface area contributed by atoms with E-state index in [0.717, 1.165) is 22.2 Å². The van der Waals surface area contributed by atoms with Crippen LogP contribution in [0.2, 0.25) is 0 Å². The lowest BCUT2D eigenvalue weighted by molar-refractivity contribution is 0.0523. The van der Waals surface area contributed by atoms with Gasteiger partial charge in [-0.05, 0) is 42.8 Å². The lowest BCUT2D eigenvalue weighted by atomic mass is 9.99. The van der Waals surface area contributed by atoms with Gasteiger partial charge in [-0.3, -0.25) is 4.98 Å². The molecule has 3 aromatic rings. The number of esters is 1. The maximum Gasteiger partial charge on any atom is 0.340 e. The average Bonchev–Trinajstić information content (AvgIpc) is 3.16. The van der Waals surface area contributed by atoms with Crippen LogP contribution in [-0.4, -0.2) is 17.6 Å². The molecular weight excluding hydrogens is 356 g/mol. The van der Waals surface area contributed by atoms with Crippen LogP contribution in [0.15, 0.2) is 41.8 Å². The molecule has 0 radical (unpaired) electrons. The zero-order valence-corrected chi connectivity index (χ0v) is 17.1. The van der Waals surface area contributed by atoms with E-state index in [-0.39, 0.29) is 12.0 Å². The Bertz CT molecular complexity index is 919. The summed E-state index contributed by atoms with van der Waals surface area (Å²) < 4.78 is 5.32. The van der Waals surface area contributed by atoms with Gasteiger partial charge >= 0.3 is 5.97 Å². The number of hydrogen-bond acceptors (Lipinski definition) is 5. The molecule has 0 fully saturated rings. The topological polar surface area (TPSA) is 51.2 Å². The second-order valence-electron chi connectivity index (χ2n) is 6.91. The number of pyridine rings is 1. The summed E-state index contributed by atoms with van der Waals surface area (Å²) in [5.41, 5.74) is 3.15. The van der Waals surface area contributed by atoms with Gasteiger partial charge in [-0.25, -0.2) is 4.79 Å². The first kappa shape index (κ1) is 19.5. The molecule has 0 spiro atoms. The van der Waals surface area contributed by atoms with Gasteiger partial charge in [-0.1, -0.05) is 38.1 Å². The van der Waals surface area contributed by atoms with E-state index in [0.29, 0.717) is 24.6 Å². The number of carbonyl (C=O) groups excluding carboxylic acids is 1. The van der Waals surface area contributed by atoms with E-state index in [9.17, 15) is 4.79 Å². The predicted octanol–water partition coefficient (Wildman–Crippen LogP) is 5.27. The molecule has 27 heavy (non-hydrogen) atoms. The highest BCUT2D eigenvalue weighted by atomic mass is 32.1. The van der Waals surface area contributed by atoms with Gasteiger partial charge in [-0.2, -0.15) is 0 Å². The zero-order chi connectivity index (χ0) is 19.4. The second kappa shape index (κ2) is 8.63. The zero-order valence-electron chi connectivity index (χ0n) is 16.3. The van der Waals surface area contributed by atoms with E-state index in [4.69, 9.17) is 9.72 Å². The van der Waals surface area contributed by atoms with Crippen molar-refractivity contribution in [3.8, 4) is 0 Å². The highest BCUT2D eigenvalue weighted by Crippen LogP contribution is 2.28. The van der Waals surface area contributed by atoms with Crippen LogP contribution in [0, 0.1) is 12.8 Å². The van der Waals surface area contributed by atoms with E-state index >= 15 is 0 Å². The standard InChI is InChI=1S/C22H26N2O2S/c1-5-26-22(25)20-15(4)16-9-6-7-10-17(16)24-18(20)13-23-21(14(2)3)19-11-8-12-27-19/h6-12,14,21,23H,5,13H2,1-4H3. The Hall–Kier alpha value is -2.24. The number of aromatic nitrogens is 1. The summed E-state index contributed by atoms with van der Waals surface area (Å²) in [5, 5.41) is 6.69. The third-order valence-corrected chi connectivity index (χ3v) is 5.67. The average molecular weight is 383 g/mol. The molecule has 0 aliphatic rings. The van der Waals surface area contributed by atoms with Crippen molar-refractivity contribution < 1.29 is 9.53 Å². The Labute approximate surface area is 164 Å². The minimum Gasteiger partial charge on any atom is -0.462 e. The number of nitrogens with zero attached hydrogens (tertiary/aromatic N) is 1. The van der Waals surface area contributed by atoms with Crippen LogP contribution in [0.1, 0.15) is 53.3 Å². The van der Waals surface area contributed by atoms with E-state index < -0.39 is 0 Å². The Kier molecular flexibility index (Phi) is 6.24. The molecule has 0 bridgehead atoms. The third kappa shape index (κ3) is 4.20. The molecule has 0 saturated carbocycles. The van der Waals surface area contributed by atoms with Crippen LogP contribution in [0.25, 0.3) is 10.9 Å². The van der Waals surface area contributed by atoms with Crippen LogP contribution in [0.3, 0.4) is 0 Å². The maximum absolute atomic E-state index is 12.6. The molecule has 2 heterocycles. The first-order valence-electron chi connectivity index (χ1n) is 9.35. The fourth-order valence-electron chi connectivity index (χ4n) is 3.38. The molecule has 0 aliphatic heterocycles. The first-order chi connectivity index (χ1) is 13.0. The lowest BCUT2D eigenvalue weighted by Gasteiger charge is -2.22.